The van der Waals surface area contributed by atoms with Gasteiger partial charge in [0.25, 0.3) is 11.5 Å². The number of benzene rings is 1. The fraction of sp³-hybridized carbons (Fsp3) is 0.294. The predicted octanol–water partition coefficient (Wildman–Crippen LogP) is 2.00. The van der Waals surface area contributed by atoms with Gasteiger partial charge in [-0.05, 0) is 37.1 Å². The molecule has 0 aliphatic heterocycles. The van der Waals surface area contributed by atoms with Crippen molar-refractivity contribution in [1.82, 2.24) is 9.78 Å². The van der Waals surface area contributed by atoms with Crippen molar-refractivity contribution in [1.29, 1.82) is 0 Å². The molecule has 0 spiro atoms. The first-order chi connectivity index (χ1) is 11.5. The number of anilines is 1. The average Bonchev–Trinajstić information content (AvgIpc) is 2.58. The van der Waals surface area contributed by atoms with E-state index >= 15 is 0 Å². The van der Waals surface area contributed by atoms with Gasteiger partial charge in [-0.1, -0.05) is 13.0 Å². The van der Waals surface area contributed by atoms with Crippen LogP contribution in [0, 0.1) is 6.92 Å². The van der Waals surface area contributed by atoms with Crippen molar-refractivity contribution in [2.24, 2.45) is 0 Å². The SMILES string of the molecule is CCCn1nc(C(=O)Nc2cc(C(=O)OC)ccc2C)ccc1=O. The van der Waals surface area contributed by atoms with Crippen molar-refractivity contribution in [2.75, 3.05) is 12.4 Å². The number of hydrogen-bond acceptors (Lipinski definition) is 5. The highest BCUT2D eigenvalue weighted by Crippen LogP contribution is 2.18. The molecule has 1 aromatic carbocycles. The van der Waals surface area contributed by atoms with E-state index in [2.05, 4.69) is 15.2 Å². The van der Waals surface area contributed by atoms with E-state index in [9.17, 15) is 14.4 Å². The van der Waals surface area contributed by atoms with Crippen LogP contribution in [0.4, 0.5) is 5.69 Å². The number of carbonyl (C=O) groups is 2. The van der Waals surface area contributed by atoms with Crippen LogP contribution in [0.25, 0.3) is 0 Å². The van der Waals surface area contributed by atoms with Crippen LogP contribution in [-0.2, 0) is 11.3 Å². The van der Waals surface area contributed by atoms with E-state index in [0.29, 0.717) is 17.8 Å². The molecule has 0 atom stereocenters. The van der Waals surface area contributed by atoms with Gasteiger partial charge in [-0.3, -0.25) is 9.59 Å². The molecule has 24 heavy (non-hydrogen) atoms. The number of aromatic nitrogens is 2. The van der Waals surface area contributed by atoms with Crippen molar-refractivity contribution < 1.29 is 14.3 Å². The molecule has 126 valence electrons. The fourth-order valence-electron chi connectivity index (χ4n) is 2.13. The summed E-state index contributed by atoms with van der Waals surface area (Å²) in [4.78, 5) is 35.6. The highest BCUT2D eigenvalue weighted by atomic mass is 16.5. The van der Waals surface area contributed by atoms with Gasteiger partial charge < -0.3 is 10.1 Å². The smallest absolute Gasteiger partial charge is 0.337 e. The molecule has 2 aromatic rings. The Labute approximate surface area is 139 Å². The number of aryl methyl sites for hydroxylation is 2. The van der Waals surface area contributed by atoms with E-state index < -0.39 is 11.9 Å². The van der Waals surface area contributed by atoms with Gasteiger partial charge in [0.1, 0.15) is 5.69 Å². The first kappa shape index (κ1) is 17.4. The molecule has 7 nitrogen and oxygen atoms in total. The maximum Gasteiger partial charge on any atom is 0.337 e. The van der Waals surface area contributed by atoms with E-state index in [-0.39, 0.29) is 11.3 Å². The van der Waals surface area contributed by atoms with Crippen molar-refractivity contribution in [3.05, 3.63) is 57.5 Å². The summed E-state index contributed by atoms with van der Waals surface area (Å²) in [5.41, 5.74) is 1.49. The number of nitrogens with one attached hydrogen (secondary N) is 1. The maximum absolute atomic E-state index is 12.4. The molecule has 1 N–H and O–H groups in total. The lowest BCUT2D eigenvalue weighted by atomic mass is 10.1. The largest absolute Gasteiger partial charge is 0.465 e. The zero-order chi connectivity index (χ0) is 17.7. The number of nitrogens with zero attached hydrogens (tertiary/aromatic N) is 2. The Morgan fingerprint density at radius 1 is 1.25 bits per heavy atom. The molecule has 0 aliphatic carbocycles. The molecule has 0 saturated heterocycles. The van der Waals surface area contributed by atoms with Gasteiger partial charge in [-0.15, -0.1) is 0 Å². The third-order valence-corrected chi connectivity index (χ3v) is 3.44. The Bertz CT molecular complexity index is 827. The molecule has 7 heteroatoms. The first-order valence-corrected chi connectivity index (χ1v) is 7.54. The van der Waals surface area contributed by atoms with Crippen LogP contribution < -0.4 is 10.9 Å². The summed E-state index contributed by atoms with van der Waals surface area (Å²) >= 11 is 0. The van der Waals surface area contributed by atoms with Crippen LogP contribution in [-0.4, -0.2) is 28.8 Å². The molecule has 0 fully saturated rings. The number of ether oxygens (including phenoxy) is 1. The van der Waals surface area contributed by atoms with Gasteiger partial charge in [-0.25, -0.2) is 9.48 Å². The van der Waals surface area contributed by atoms with E-state index in [4.69, 9.17) is 0 Å². The third-order valence-electron chi connectivity index (χ3n) is 3.44. The van der Waals surface area contributed by atoms with Gasteiger partial charge in [0.2, 0.25) is 0 Å². The molecule has 0 saturated carbocycles. The van der Waals surface area contributed by atoms with Gasteiger partial charge in [-0.2, -0.15) is 5.10 Å². The highest BCUT2D eigenvalue weighted by Gasteiger charge is 2.13. The first-order valence-electron chi connectivity index (χ1n) is 7.54. The van der Waals surface area contributed by atoms with Gasteiger partial charge >= 0.3 is 5.97 Å². The summed E-state index contributed by atoms with van der Waals surface area (Å²) in [5.74, 6) is -0.940. The average molecular weight is 329 g/mol. The summed E-state index contributed by atoms with van der Waals surface area (Å²) in [6.07, 6.45) is 0.734. The van der Waals surface area contributed by atoms with Gasteiger partial charge in [0, 0.05) is 18.3 Å². The van der Waals surface area contributed by atoms with Crippen LogP contribution in [0.1, 0.15) is 39.8 Å². The van der Waals surface area contributed by atoms with Crippen LogP contribution >= 0.6 is 0 Å². The molecule has 1 aromatic heterocycles. The molecular weight excluding hydrogens is 310 g/mol. The predicted molar refractivity (Wildman–Crippen MR) is 89.3 cm³/mol. The Morgan fingerprint density at radius 2 is 2.00 bits per heavy atom. The minimum Gasteiger partial charge on any atom is -0.465 e. The maximum atomic E-state index is 12.4. The van der Waals surface area contributed by atoms with Gasteiger partial charge in [0.05, 0.1) is 12.7 Å². The zero-order valence-corrected chi connectivity index (χ0v) is 13.8. The van der Waals surface area contributed by atoms with Crippen LogP contribution in [0.2, 0.25) is 0 Å². The lowest BCUT2D eigenvalue weighted by Crippen LogP contribution is -2.26. The Kier molecular flexibility index (Phi) is 5.47. The normalized spacial score (nSPS) is 10.3. The van der Waals surface area contributed by atoms with E-state index in [0.717, 1.165) is 12.0 Å². The minimum absolute atomic E-state index is 0.130. The number of hydrogen-bond donors (Lipinski definition) is 1. The van der Waals surface area contributed by atoms with Crippen LogP contribution in [0.15, 0.2) is 35.1 Å². The highest BCUT2D eigenvalue weighted by molar-refractivity contribution is 6.03. The van der Waals surface area contributed by atoms with Gasteiger partial charge in [0.15, 0.2) is 0 Å². The quantitative estimate of drug-likeness (QED) is 0.847. The number of methoxy groups -OCH3 is 1. The molecule has 0 aliphatic rings. The molecule has 1 heterocycles. The number of carbonyl (C=O) groups excluding carboxylic acids is 2. The molecular formula is C17H19N3O4. The molecule has 0 unspecified atom stereocenters. The summed E-state index contributed by atoms with van der Waals surface area (Å²) in [6, 6.07) is 7.57. The van der Waals surface area contributed by atoms with Crippen molar-refractivity contribution in [3.8, 4) is 0 Å². The van der Waals surface area contributed by atoms with Crippen LogP contribution in [0.5, 0.6) is 0 Å². The van der Waals surface area contributed by atoms with E-state index in [1.807, 2.05) is 13.8 Å². The Morgan fingerprint density at radius 3 is 2.67 bits per heavy atom. The van der Waals surface area contributed by atoms with E-state index in [1.54, 1.807) is 18.2 Å². The third kappa shape index (κ3) is 3.87. The molecule has 2 rings (SSSR count). The zero-order valence-electron chi connectivity index (χ0n) is 13.8. The van der Waals surface area contributed by atoms with Crippen molar-refractivity contribution >= 4 is 17.6 Å². The number of amides is 1. The monoisotopic (exact) mass is 329 g/mol. The minimum atomic E-state index is -0.486. The lowest BCUT2D eigenvalue weighted by molar-refractivity contribution is 0.0600. The van der Waals surface area contributed by atoms with E-state index in [1.165, 1.54) is 23.9 Å². The number of rotatable bonds is 5. The molecule has 1 amide bonds. The second-order valence-corrected chi connectivity index (χ2v) is 5.26. The summed E-state index contributed by atoms with van der Waals surface area (Å²) in [6.45, 7) is 4.17. The molecule has 0 bridgehead atoms. The lowest BCUT2D eigenvalue weighted by Gasteiger charge is -2.10. The second kappa shape index (κ2) is 7.54. The van der Waals surface area contributed by atoms with Crippen molar-refractivity contribution in [3.63, 3.8) is 0 Å². The van der Waals surface area contributed by atoms with Crippen LogP contribution in [0.3, 0.4) is 0 Å². The second-order valence-electron chi connectivity index (χ2n) is 5.26. The summed E-state index contributed by atoms with van der Waals surface area (Å²) < 4.78 is 5.93. The number of esters is 1. The standard InChI is InChI=1S/C17H19N3O4/c1-4-9-20-15(21)8-7-13(19-20)16(22)18-14-10-12(17(23)24-3)6-5-11(14)2/h5-8,10H,4,9H2,1-3H3,(H,18,22). The van der Waals surface area contributed by atoms with Crippen molar-refractivity contribution in [2.45, 2.75) is 26.8 Å². The topological polar surface area (TPSA) is 90.3 Å². The fourth-order valence-corrected chi connectivity index (χ4v) is 2.13. The Balaban J connectivity index is 2.28. The molecule has 0 radical (unpaired) electrons. The summed E-state index contributed by atoms with van der Waals surface area (Å²) in [7, 11) is 1.29. The summed E-state index contributed by atoms with van der Waals surface area (Å²) in [5, 5.41) is 6.77. The Hall–Kier alpha value is -2.96.